The van der Waals surface area contributed by atoms with Gasteiger partial charge in [0.15, 0.2) is 0 Å². The number of hydrogen-bond acceptors (Lipinski definition) is 6. The highest BCUT2D eigenvalue weighted by molar-refractivity contribution is 7.47. The molecule has 0 bridgehead atoms. The van der Waals surface area contributed by atoms with Crippen LogP contribution in [-0.4, -0.2) is 74.3 Å². The summed E-state index contributed by atoms with van der Waals surface area (Å²) in [7, 11) is 1.51. The second-order valence-corrected chi connectivity index (χ2v) is 26.9. The third-order valence-electron chi connectivity index (χ3n) is 16.0. The number of hydrogen-bond donors (Lipinski definition) is 2. The molecule has 482 valence electrons. The first kappa shape index (κ1) is 80.0. The summed E-state index contributed by atoms with van der Waals surface area (Å²) < 4.78 is 30.8. The van der Waals surface area contributed by atoms with Gasteiger partial charge in [0.1, 0.15) is 19.3 Å². The Bertz CT molecular complexity index is 1540. The van der Waals surface area contributed by atoms with Gasteiger partial charge in [-0.1, -0.05) is 314 Å². The van der Waals surface area contributed by atoms with Crippen molar-refractivity contribution in [2.45, 2.75) is 360 Å². The van der Waals surface area contributed by atoms with E-state index in [1.54, 1.807) is 0 Å². The van der Waals surface area contributed by atoms with Gasteiger partial charge in [-0.25, -0.2) is 4.57 Å². The van der Waals surface area contributed by atoms with Crippen molar-refractivity contribution in [3.05, 3.63) is 48.6 Å². The van der Waals surface area contributed by atoms with Crippen LogP contribution in [0.4, 0.5) is 0 Å². The van der Waals surface area contributed by atoms with E-state index in [2.05, 4.69) is 62.5 Å². The van der Waals surface area contributed by atoms with Gasteiger partial charge >= 0.3 is 13.8 Å². The van der Waals surface area contributed by atoms with Gasteiger partial charge in [0.2, 0.25) is 5.91 Å². The molecule has 0 aromatic rings. The molecular weight excluding hydrogens is 1040 g/mol. The molecule has 3 unspecified atom stereocenters. The molecule has 0 radical (unpaired) electrons. The molecule has 10 heteroatoms. The zero-order chi connectivity index (χ0) is 60.0. The minimum atomic E-state index is -4.45. The lowest BCUT2D eigenvalue weighted by molar-refractivity contribution is -0.870. The predicted molar refractivity (Wildman–Crippen MR) is 355 cm³/mol. The van der Waals surface area contributed by atoms with E-state index >= 15 is 0 Å². The second kappa shape index (κ2) is 62.0. The van der Waals surface area contributed by atoms with E-state index in [0.29, 0.717) is 23.9 Å². The third kappa shape index (κ3) is 62.5. The molecule has 0 aliphatic rings. The second-order valence-electron chi connectivity index (χ2n) is 25.4. The van der Waals surface area contributed by atoms with Crippen LogP contribution in [0.25, 0.3) is 0 Å². The first-order valence-electron chi connectivity index (χ1n) is 35.5. The Labute approximate surface area is 509 Å². The van der Waals surface area contributed by atoms with Gasteiger partial charge in [-0.15, -0.1) is 0 Å². The number of rotatable bonds is 65. The number of likely N-dealkylation sites (N-methyl/N-ethyl adjacent to an activating group) is 1. The van der Waals surface area contributed by atoms with Crippen molar-refractivity contribution >= 4 is 19.7 Å². The highest BCUT2D eigenvalue weighted by Crippen LogP contribution is 2.43. The molecule has 3 atom stereocenters. The summed E-state index contributed by atoms with van der Waals surface area (Å²) >= 11 is 0. The lowest BCUT2D eigenvalue weighted by Crippen LogP contribution is -2.47. The van der Waals surface area contributed by atoms with Crippen molar-refractivity contribution in [1.29, 1.82) is 0 Å². The van der Waals surface area contributed by atoms with E-state index in [1.165, 1.54) is 244 Å². The van der Waals surface area contributed by atoms with Crippen LogP contribution in [0.15, 0.2) is 48.6 Å². The number of quaternary nitrogens is 1. The van der Waals surface area contributed by atoms with Gasteiger partial charge in [-0.05, 0) is 70.3 Å². The third-order valence-corrected chi connectivity index (χ3v) is 17.0. The van der Waals surface area contributed by atoms with Crippen LogP contribution in [-0.2, 0) is 27.9 Å². The van der Waals surface area contributed by atoms with Crippen molar-refractivity contribution in [3.63, 3.8) is 0 Å². The molecule has 0 aromatic heterocycles. The number of phosphoric ester groups is 1. The smallest absolute Gasteiger partial charge is 0.456 e. The molecule has 0 spiro atoms. The molecule has 9 nitrogen and oxygen atoms in total. The van der Waals surface area contributed by atoms with Crippen molar-refractivity contribution in [3.8, 4) is 0 Å². The molecule has 0 saturated carbocycles. The number of nitrogens with one attached hydrogen (secondary N) is 1. The number of esters is 1. The van der Waals surface area contributed by atoms with Crippen LogP contribution >= 0.6 is 7.82 Å². The van der Waals surface area contributed by atoms with Gasteiger partial charge in [-0.2, -0.15) is 0 Å². The van der Waals surface area contributed by atoms with Gasteiger partial charge in [0.05, 0.1) is 33.8 Å². The molecule has 0 heterocycles. The molecular formula is C72H138N2O7P+. The average Bonchev–Trinajstić information content (AvgIpc) is 3.44. The molecule has 0 aliphatic heterocycles. The Kier molecular flexibility index (Phi) is 60.5. The maximum absolute atomic E-state index is 13.6. The number of allylic oxidation sites excluding steroid dienone is 7. The number of phosphoric acid groups is 1. The molecule has 0 rings (SSSR count). The lowest BCUT2D eigenvalue weighted by atomic mass is 10.0. The van der Waals surface area contributed by atoms with E-state index in [1.807, 2.05) is 33.3 Å². The van der Waals surface area contributed by atoms with E-state index in [9.17, 15) is 19.0 Å². The average molecular weight is 1170 g/mol. The summed E-state index contributed by atoms with van der Waals surface area (Å²) in [6, 6.07) is -0.847. The van der Waals surface area contributed by atoms with E-state index in [4.69, 9.17) is 13.8 Å². The number of ether oxygens (including phenoxy) is 1. The summed E-state index contributed by atoms with van der Waals surface area (Å²) in [6.07, 6.45) is 78.3. The Morgan fingerprint density at radius 3 is 1.13 bits per heavy atom. The SMILES string of the molecule is CCCCC/C=C\C/C=C\C/C=C\CCCCCCCCCCCCCCC(=O)NC(COP(=O)(O)OCC[N+](C)(C)C)C(/C=C\CCCCCCCCCCCC)OC(=O)CCCCCCCCCCCCCCCCCCCCC. The molecule has 0 saturated heterocycles. The normalized spacial score (nSPS) is 13.8. The van der Waals surface area contributed by atoms with Gasteiger partial charge in [0.25, 0.3) is 0 Å². The highest BCUT2D eigenvalue weighted by Gasteiger charge is 2.30. The van der Waals surface area contributed by atoms with Crippen molar-refractivity contribution in [1.82, 2.24) is 5.32 Å². The lowest BCUT2D eigenvalue weighted by Gasteiger charge is -2.27. The van der Waals surface area contributed by atoms with Crippen molar-refractivity contribution in [2.24, 2.45) is 0 Å². The van der Waals surface area contributed by atoms with Crippen LogP contribution in [0.5, 0.6) is 0 Å². The first-order chi connectivity index (χ1) is 39.9. The maximum Gasteiger partial charge on any atom is 0.472 e. The van der Waals surface area contributed by atoms with Crippen molar-refractivity contribution < 1.29 is 37.3 Å². The van der Waals surface area contributed by atoms with Crippen molar-refractivity contribution in [2.75, 3.05) is 40.9 Å². The molecule has 0 aromatic carbocycles. The highest BCUT2D eigenvalue weighted by atomic mass is 31.2. The number of amides is 1. The van der Waals surface area contributed by atoms with E-state index < -0.39 is 20.0 Å². The Hall–Kier alpha value is -2.03. The zero-order valence-electron chi connectivity index (χ0n) is 55.2. The predicted octanol–water partition coefficient (Wildman–Crippen LogP) is 22.4. The first-order valence-corrected chi connectivity index (χ1v) is 37.0. The maximum atomic E-state index is 13.6. The summed E-state index contributed by atoms with van der Waals surface area (Å²) in [5, 5.41) is 3.07. The van der Waals surface area contributed by atoms with Gasteiger partial charge in [-0.3, -0.25) is 18.6 Å². The summed E-state index contributed by atoms with van der Waals surface area (Å²) in [4.78, 5) is 37.9. The van der Waals surface area contributed by atoms with Crippen LogP contribution < -0.4 is 5.32 Å². The monoisotopic (exact) mass is 1170 g/mol. The Morgan fingerprint density at radius 1 is 0.427 bits per heavy atom. The van der Waals surface area contributed by atoms with Crippen LogP contribution in [0.1, 0.15) is 348 Å². The van der Waals surface area contributed by atoms with Crippen LogP contribution in [0.2, 0.25) is 0 Å². The molecule has 1 amide bonds. The number of carbonyl (C=O) groups excluding carboxylic acids is 2. The van der Waals surface area contributed by atoms with Gasteiger partial charge in [0, 0.05) is 12.8 Å². The molecule has 0 aliphatic carbocycles. The summed E-state index contributed by atoms with van der Waals surface area (Å²) in [5.74, 6) is -0.490. The zero-order valence-corrected chi connectivity index (χ0v) is 56.1. The fourth-order valence-electron chi connectivity index (χ4n) is 10.5. The van der Waals surface area contributed by atoms with Crippen LogP contribution in [0.3, 0.4) is 0 Å². The quantitative estimate of drug-likeness (QED) is 0.0205. The standard InChI is InChI=1S/C72H137N2O7P/c1-7-10-13-16-19-22-25-28-30-32-34-35-36-37-38-39-41-42-44-46-49-52-55-58-61-64-71(75)73-69(68-80-82(77,78)79-67-66-74(4,5)6)70(63-60-57-54-51-48-27-24-21-18-15-12-9-3)81-72(76)65-62-59-56-53-50-47-45-43-40-33-31-29-26-23-20-17-14-11-8-2/h19,22,28,30,34-35,60,63,69-70H,7-18,20-21,23-27,29,31-33,36-59,61-62,64-68H2,1-6H3,(H-,73,75,77,78)/p+1/b22-19-,30-28-,35-34-,63-60-. The number of nitrogens with zero attached hydrogens (tertiary/aromatic N) is 1. The molecule has 82 heavy (non-hydrogen) atoms. The van der Waals surface area contributed by atoms with Crippen LogP contribution in [0, 0.1) is 0 Å². The van der Waals surface area contributed by atoms with E-state index in [0.717, 1.165) is 70.6 Å². The minimum Gasteiger partial charge on any atom is -0.456 e. The minimum absolute atomic E-state index is 0.0417. The fourth-order valence-corrected chi connectivity index (χ4v) is 11.3. The van der Waals surface area contributed by atoms with E-state index in [-0.39, 0.29) is 25.1 Å². The molecule has 0 fully saturated rings. The number of carbonyl (C=O) groups is 2. The largest absolute Gasteiger partial charge is 0.472 e. The Morgan fingerprint density at radius 2 is 0.744 bits per heavy atom. The number of unbranched alkanes of at least 4 members (excludes halogenated alkanes) is 43. The molecule has 2 N–H and O–H groups in total. The van der Waals surface area contributed by atoms with Gasteiger partial charge < -0.3 is 19.4 Å². The fraction of sp³-hybridized carbons (Fsp3) is 0.861. The summed E-state index contributed by atoms with van der Waals surface area (Å²) in [6.45, 7) is 7.04. The topological polar surface area (TPSA) is 111 Å². The summed E-state index contributed by atoms with van der Waals surface area (Å²) in [5.41, 5.74) is 0. The Balaban J connectivity index is 5.05.